The van der Waals surface area contributed by atoms with Gasteiger partial charge in [-0.25, -0.2) is 17.5 Å². The van der Waals surface area contributed by atoms with Crippen molar-refractivity contribution in [3.63, 3.8) is 0 Å². The van der Waals surface area contributed by atoms with Crippen LogP contribution in [0.5, 0.6) is 5.75 Å². The lowest BCUT2D eigenvalue weighted by molar-refractivity contribution is 0.0709. The molecule has 0 atom stereocenters. The average Bonchev–Trinajstić information content (AvgIpc) is 2.80. The van der Waals surface area contributed by atoms with Gasteiger partial charge in [0.15, 0.2) is 5.75 Å². The molecule has 0 unspecified atom stereocenters. The van der Waals surface area contributed by atoms with Crippen molar-refractivity contribution in [3.05, 3.63) is 61.8 Å². The summed E-state index contributed by atoms with van der Waals surface area (Å²) in [6.45, 7) is 0.937. The number of aromatic hydroxyl groups is 1. The van der Waals surface area contributed by atoms with E-state index in [9.17, 15) is 32.3 Å². The molecule has 2 aliphatic heterocycles. The number of pyridine rings is 1. The maximum atomic E-state index is 13.6. The van der Waals surface area contributed by atoms with Gasteiger partial charge in [-0.1, -0.05) is 17.7 Å². The molecule has 0 radical (unpaired) electrons. The molecule has 0 saturated carbocycles. The second kappa shape index (κ2) is 10.2. The zero-order valence-electron chi connectivity index (χ0n) is 19.6. The van der Waals surface area contributed by atoms with Gasteiger partial charge in [-0.2, -0.15) is 0 Å². The van der Waals surface area contributed by atoms with E-state index >= 15 is 0 Å². The molecule has 10 nitrogen and oxygen atoms in total. The van der Waals surface area contributed by atoms with E-state index in [-0.39, 0.29) is 55.4 Å². The minimum atomic E-state index is -3.45. The number of sulfonamides is 1. The Kier molecular flexibility index (Phi) is 7.39. The van der Waals surface area contributed by atoms with E-state index in [2.05, 4.69) is 4.72 Å². The number of hydrogen-bond acceptors (Lipinski definition) is 6. The van der Waals surface area contributed by atoms with Crippen molar-refractivity contribution in [3.8, 4) is 5.75 Å². The first-order valence-electron chi connectivity index (χ1n) is 11.4. The molecule has 1 aromatic carbocycles. The Hall–Kier alpha value is -2.96. The van der Waals surface area contributed by atoms with Gasteiger partial charge in [-0.3, -0.25) is 14.4 Å². The van der Waals surface area contributed by atoms with Gasteiger partial charge in [-0.15, -0.1) is 0 Å². The zero-order valence-corrected chi connectivity index (χ0v) is 21.2. The third-order valence-electron chi connectivity index (χ3n) is 6.33. The highest BCUT2D eigenvalue weighted by Crippen LogP contribution is 2.30. The number of benzene rings is 1. The third-order valence-corrected chi connectivity index (χ3v) is 7.35. The Morgan fingerprint density at radius 1 is 1.08 bits per heavy atom. The van der Waals surface area contributed by atoms with Crippen molar-refractivity contribution < 1.29 is 27.5 Å². The summed E-state index contributed by atoms with van der Waals surface area (Å²) in [5.74, 6) is -2.41. The average molecular weight is 541 g/mol. The summed E-state index contributed by atoms with van der Waals surface area (Å²) in [7, 11) is -3.45. The van der Waals surface area contributed by atoms with Crippen molar-refractivity contribution >= 4 is 33.4 Å². The van der Waals surface area contributed by atoms with E-state index in [0.29, 0.717) is 30.5 Å². The monoisotopic (exact) mass is 540 g/mol. The number of carbonyl (C=O) groups excluding carboxylic acids is 2. The largest absolute Gasteiger partial charge is 0.502 e. The molecule has 13 heteroatoms. The molecule has 36 heavy (non-hydrogen) atoms. The number of amides is 2. The first kappa shape index (κ1) is 26.1. The van der Waals surface area contributed by atoms with Crippen LogP contribution in [0.1, 0.15) is 44.8 Å². The lowest BCUT2D eigenvalue weighted by Crippen LogP contribution is -2.46. The van der Waals surface area contributed by atoms with Crippen LogP contribution in [0.3, 0.4) is 0 Å². The van der Waals surface area contributed by atoms with Gasteiger partial charge in [0.1, 0.15) is 11.5 Å². The second-order valence-electron chi connectivity index (χ2n) is 8.90. The molecule has 2 aliphatic rings. The summed E-state index contributed by atoms with van der Waals surface area (Å²) in [6, 6.07) is 4.09. The second-order valence-corrected chi connectivity index (χ2v) is 11.1. The number of nitrogens with one attached hydrogen (secondary N) is 1. The number of fused-ring (bicyclic) bond motifs is 3. The summed E-state index contributed by atoms with van der Waals surface area (Å²) in [5, 5.41) is 10.6. The normalized spacial score (nSPS) is 16.4. The van der Waals surface area contributed by atoms with Crippen LogP contribution in [0.25, 0.3) is 0 Å². The molecule has 1 aromatic heterocycles. The molecule has 2 amide bonds. The first-order chi connectivity index (χ1) is 17.0. The molecule has 3 heterocycles. The van der Waals surface area contributed by atoms with Gasteiger partial charge in [0.05, 0.1) is 16.8 Å². The molecule has 0 spiro atoms. The van der Waals surface area contributed by atoms with Crippen LogP contribution >= 0.6 is 11.6 Å². The minimum absolute atomic E-state index is 0.00200. The molecule has 0 aliphatic carbocycles. The number of aromatic nitrogens is 1. The predicted octanol–water partition coefficient (Wildman–Crippen LogP) is 1.33. The molecule has 194 valence electrons. The fourth-order valence-corrected chi connectivity index (χ4v) is 5.28. The Morgan fingerprint density at radius 3 is 2.50 bits per heavy atom. The standard InChI is InChI=1S/C23H26ClFN4O6S/c1-36(34,35)26-7-11-27-8-2-3-9-29-19(22(27)32)15-6-10-28(21(31)18(15)20(30)23(29)33)13-14-4-5-17(25)16(24)12-14/h4-5,12,26,30H,2-3,6-11,13H2,1H3. The van der Waals surface area contributed by atoms with E-state index < -0.39 is 39.0 Å². The number of hydrogen-bond donors (Lipinski definition) is 2. The van der Waals surface area contributed by atoms with Crippen LogP contribution in [-0.2, 0) is 29.5 Å². The maximum Gasteiger partial charge on any atom is 0.294 e. The highest BCUT2D eigenvalue weighted by atomic mass is 35.5. The van der Waals surface area contributed by atoms with Crippen LogP contribution in [0.4, 0.5) is 4.39 Å². The summed E-state index contributed by atoms with van der Waals surface area (Å²) >= 11 is 5.85. The fraction of sp³-hybridized carbons (Fsp3) is 0.435. The van der Waals surface area contributed by atoms with Gasteiger partial charge in [0, 0.05) is 44.8 Å². The maximum absolute atomic E-state index is 13.6. The van der Waals surface area contributed by atoms with Gasteiger partial charge in [0.25, 0.3) is 17.4 Å². The van der Waals surface area contributed by atoms with E-state index in [1.807, 2.05) is 0 Å². The number of carbonyl (C=O) groups is 2. The van der Waals surface area contributed by atoms with Crippen LogP contribution in [-0.4, -0.2) is 72.1 Å². The highest BCUT2D eigenvalue weighted by molar-refractivity contribution is 7.88. The van der Waals surface area contributed by atoms with E-state index in [4.69, 9.17) is 11.6 Å². The molecule has 0 fully saturated rings. The molecular weight excluding hydrogens is 515 g/mol. The Balaban J connectivity index is 1.70. The van der Waals surface area contributed by atoms with Gasteiger partial charge >= 0.3 is 0 Å². The number of rotatable bonds is 6. The van der Waals surface area contributed by atoms with Gasteiger partial charge < -0.3 is 19.5 Å². The molecule has 0 bridgehead atoms. The minimum Gasteiger partial charge on any atom is -0.502 e. The zero-order chi connectivity index (χ0) is 26.2. The predicted molar refractivity (Wildman–Crippen MR) is 130 cm³/mol. The summed E-state index contributed by atoms with van der Waals surface area (Å²) in [6.07, 6.45) is 2.37. The lowest BCUT2D eigenvalue weighted by Gasteiger charge is -2.33. The van der Waals surface area contributed by atoms with Crippen LogP contribution < -0.4 is 10.3 Å². The summed E-state index contributed by atoms with van der Waals surface area (Å²) in [4.78, 5) is 42.9. The van der Waals surface area contributed by atoms with Crippen molar-refractivity contribution in [2.24, 2.45) is 0 Å². The smallest absolute Gasteiger partial charge is 0.294 e. The highest BCUT2D eigenvalue weighted by Gasteiger charge is 2.36. The van der Waals surface area contributed by atoms with Crippen LogP contribution in [0, 0.1) is 5.82 Å². The third kappa shape index (κ3) is 5.25. The molecule has 0 saturated heterocycles. The van der Waals surface area contributed by atoms with Gasteiger partial charge in [-0.05, 0) is 37.0 Å². The molecule has 2 aromatic rings. The van der Waals surface area contributed by atoms with Crippen LogP contribution in [0.15, 0.2) is 23.0 Å². The lowest BCUT2D eigenvalue weighted by atomic mass is 9.94. The topological polar surface area (TPSA) is 129 Å². The number of halogens is 2. The first-order valence-corrected chi connectivity index (χ1v) is 13.7. The molecular formula is C23H26ClFN4O6S. The summed E-state index contributed by atoms with van der Waals surface area (Å²) in [5.41, 5.74) is -0.133. The van der Waals surface area contributed by atoms with Gasteiger partial charge in [0.2, 0.25) is 10.0 Å². The van der Waals surface area contributed by atoms with Crippen molar-refractivity contribution in [2.75, 3.05) is 32.4 Å². The van der Waals surface area contributed by atoms with E-state index in [1.54, 1.807) is 0 Å². The molecule has 2 N–H and O–H groups in total. The van der Waals surface area contributed by atoms with Crippen LogP contribution in [0.2, 0.25) is 5.02 Å². The molecule has 4 rings (SSSR count). The Labute approximate surface area is 212 Å². The fourth-order valence-electron chi connectivity index (χ4n) is 4.61. The number of nitrogens with zero attached hydrogens (tertiary/aromatic N) is 3. The van der Waals surface area contributed by atoms with E-state index in [0.717, 1.165) is 6.26 Å². The van der Waals surface area contributed by atoms with Crippen molar-refractivity contribution in [1.29, 1.82) is 0 Å². The Morgan fingerprint density at radius 2 is 1.81 bits per heavy atom. The van der Waals surface area contributed by atoms with Crippen molar-refractivity contribution in [1.82, 2.24) is 19.1 Å². The van der Waals surface area contributed by atoms with E-state index in [1.165, 1.54) is 32.6 Å². The quantitative estimate of drug-likeness (QED) is 0.569. The van der Waals surface area contributed by atoms with Crippen molar-refractivity contribution in [2.45, 2.75) is 32.4 Å². The SMILES string of the molecule is CS(=O)(=O)NCCN1CCCCn2c(c3c(c(O)c2=O)C(=O)N(Cc2ccc(F)c(Cl)c2)CC3)C1=O. The Bertz CT molecular complexity index is 1390. The summed E-state index contributed by atoms with van der Waals surface area (Å²) < 4.78 is 39.9.